The Morgan fingerprint density at radius 3 is 2.48 bits per heavy atom. The Kier molecular flexibility index (Phi) is 7.92. The number of ether oxygens (including phenoxy) is 2. The number of benzene rings is 1. The highest BCUT2D eigenvalue weighted by Crippen LogP contribution is 2.44. The number of hydrogen-bond donors (Lipinski definition) is 2. The molecule has 0 saturated heterocycles. The summed E-state index contributed by atoms with van der Waals surface area (Å²) in [7, 11) is 1.62. The molecule has 7 heteroatoms. The van der Waals surface area contributed by atoms with Crippen LogP contribution in [-0.4, -0.2) is 42.3 Å². The smallest absolute Gasteiger partial charge is 0.408 e. The molecule has 2 aliphatic carbocycles. The van der Waals surface area contributed by atoms with E-state index in [-0.39, 0.29) is 5.91 Å². The van der Waals surface area contributed by atoms with Crippen molar-refractivity contribution in [3.63, 3.8) is 0 Å². The average Bonchev–Trinajstić information content (AvgIpc) is 3.33. The lowest BCUT2D eigenvalue weighted by Gasteiger charge is -2.24. The number of nitrogens with one attached hydrogen (secondary N) is 2. The van der Waals surface area contributed by atoms with Crippen LogP contribution in [0.1, 0.15) is 39.2 Å². The first kappa shape index (κ1) is 23.5. The van der Waals surface area contributed by atoms with Crippen molar-refractivity contribution in [2.45, 2.75) is 51.8 Å². The van der Waals surface area contributed by atoms with E-state index in [4.69, 9.17) is 9.47 Å². The van der Waals surface area contributed by atoms with Crippen LogP contribution in [0.25, 0.3) is 0 Å². The molecule has 1 saturated carbocycles. The molecule has 0 aliphatic heterocycles. The van der Waals surface area contributed by atoms with Crippen molar-refractivity contribution in [3.8, 4) is 5.75 Å². The van der Waals surface area contributed by atoms with Crippen molar-refractivity contribution < 1.29 is 19.1 Å². The molecule has 1 fully saturated rings. The summed E-state index contributed by atoms with van der Waals surface area (Å²) in [5, 5.41) is 5.69. The Bertz CT molecular complexity index is 788. The Balaban J connectivity index is 1.53. The van der Waals surface area contributed by atoms with Crippen LogP contribution < -0.4 is 15.4 Å². The quantitative estimate of drug-likeness (QED) is 0.557. The van der Waals surface area contributed by atoms with Gasteiger partial charge in [0.1, 0.15) is 17.4 Å². The summed E-state index contributed by atoms with van der Waals surface area (Å²) in [5.74, 6) is 4.17. The van der Waals surface area contributed by atoms with E-state index in [1.165, 1.54) is 12.8 Å². The molecular weight excluding hydrogens is 412 g/mol. The fourth-order valence-corrected chi connectivity index (χ4v) is 5.40. The molecular formula is C24H34N2O4S. The van der Waals surface area contributed by atoms with Gasteiger partial charge in [-0.3, -0.25) is 4.79 Å². The monoisotopic (exact) mass is 446 g/mol. The number of alkyl carbamates (subject to hydrolysis) is 1. The van der Waals surface area contributed by atoms with Gasteiger partial charge < -0.3 is 20.1 Å². The number of methoxy groups -OCH3 is 1. The highest BCUT2D eigenvalue weighted by molar-refractivity contribution is 7.99. The zero-order valence-corrected chi connectivity index (χ0v) is 19.7. The minimum absolute atomic E-state index is 0.206. The van der Waals surface area contributed by atoms with E-state index in [0.717, 1.165) is 23.0 Å². The number of hydrogen-bond acceptors (Lipinski definition) is 5. The molecule has 0 heterocycles. The number of thioether (sulfide) groups is 1. The van der Waals surface area contributed by atoms with Gasteiger partial charge in [-0.2, -0.15) is 11.8 Å². The largest absolute Gasteiger partial charge is 0.497 e. The molecule has 0 radical (unpaired) electrons. The molecule has 6 nitrogen and oxygen atoms in total. The first-order valence-corrected chi connectivity index (χ1v) is 12.0. The van der Waals surface area contributed by atoms with Gasteiger partial charge >= 0.3 is 6.09 Å². The fourth-order valence-electron chi connectivity index (χ4n) is 4.11. The molecule has 2 bridgehead atoms. The molecule has 0 spiro atoms. The van der Waals surface area contributed by atoms with Crippen LogP contribution >= 0.6 is 11.8 Å². The van der Waals surface area contributed by atoms with Crippen LogP contribution in [0.3, 0.4) is 0 Å². The maximum Gasteiger partial charge on any atom is 0.408 e. The normalized spacial score (nSPS) is 22.8. The van der Waals surface area contributed by atoms with Gasteiger partial charge in [0.25, 0.3) is 0 Å². The Morgan fingerprint density at radius 1 is 1.16 bits per heavy atom. The summed E-state index contributed by atoms with van der Waals surface area (Å²) in [4.78, 5) is 25.2. The van der Waals surface area contributed by atoms with Crippen LogP contribution in [0.15, 0.2) is 36.4 Å². The summed E-state index contributed by atoms with van der Waals surface area (Å²) >= 11 is 1.73. The van der Waals surface area contributed by atoms with Crippen LogP contribution in [0, 0.1) is 17.8 Å². The molecule has 0 aromatic heterocycles. The van der Waals surface area contributed by atoms with Crippen molar-refractivity contribution in [1.82, 2.24) is 10.6 Å². The number of rotatable bonds is 9. The van der Waals surface area contributed by atoms with Crippen LogP contribution in [0.4, 0.5) is 4.79 Å². The maximum atomic E-state index is 12.9. The summed E-state index contributed by atoms with van der Waals surface area (Å²) < 4.78 is 10.5. The topological polar surface area (TPSA) is 76.7 Å². The van der Waals surface area contributed by atoms with Gasteiger partial charge in [-0.15, -0.1) is 0 Å². The number of carbonyl (C=O) groups excluding carboxylic acids is 2. The van der Waals surface area contributed by atoms with Crippen LogP contribution in [-0.2, 0) is 16.1 Å². The average molecular weight is 447 g/mol. The lowest BCUT2D eigenvalue weighted by molar-refractivity contribution is -0.122. The van der Waals surface area contributed by atoms with E-state index >= 15 is 0 Å². The van der Waals surface area contributed by atoms with E-state index in [0.29, 0.717) is 24.1 Å². The van der Waals surface area contributed by atoms with Crippen LogP contribution in [0.2, 0.25) is 0 Å². The number of fused-ring (bicyclic) bond motifs is 2. The van der Waals surface area contributed by atoms with E-state index in [1.54, 1.807) is 18.9 Å². The van der Waals surface area contributed by atoms with Gasteiger partial charge in [0.15, 0.2) is 0 Å². The number of carbonyl (C=O) groups is 2. The second-order valence-electron chi connectivity index (χ2n) is 9.34. The van der Waals surface area contributed by atoms with Crippen molar-refractivity contribution in [1.29, 1.82) is 0 Å². The van der Waals surface area contributed by atoms with Gasteiger partial charge in [0.05, 0.1) is 7.11 Å². The second kappa shape index (κ2) is 10.4. The van der Waals surface area contributed by atoms with Gasteiger partial charge in [-0.05, 0) is 74.8 Å². The van der Waals surface area contributed by atoms with Gasteiger partial charge in [0.2, 0.25) is 5.91 Å². The van der Waals surface area contributed by atoms with E-state index in [1.807, 2.05) is 45.0 Å². The molecule has 31 heavy (non-hydrogen) atoms. The third-order valence-corrected chi connectivity index (χ3v) is 6.90. The fraction of sp³-hybridized carbons (Fsp3) is 0.583. The summed E-state index contributed by atoms with van der Waals surface area (Å²) in [6.07, 6.45) is 6.62. The lowest BCUT2D eigenvalue weighted by Crippen LogP contribution is -2.49. The van der Waals surface area contributed by atoms with Crippen molar-refractivity contribution >= 4 is 23.8 Å². The molecule has 0 unspecified atom stereocenters. The minimum atomic E-state index is -0.646. The molecule has 3 rings (SSSR count). The van der Waals surface area contributed by atoms with Crippen molar-refractivity contribution in [2.24, 2.45) is 17.8 Å². The van der Waals surface area contributed by atoms with Crippen molar-refractivity contribution in [2.75, 3.05) is 18.6 Å². The number of amides is 2. The Labute approximate surface area is 189 Å². The predicted molar refractivity (Wildman–Crippen MR) is 124 cm³/mol. The zero-order valence-electron chi connectivity index (χ0n) is 18.9. The molecule has 170 valence electrons. The lowest BCUT2D eigenvalue weighted by atomic mass is 9.96. The van der Waals surface area contributed by atoms with E-state index in [9.17, 15) is 9.59 Å². The predicted octanol–water partition coefficient (Wildman–Crippen LogP) is 4.15. The van der Waals surface area contributed by atoms with Gasteiger partial charge in [-0.25, -0.2) is 4.79 Å². The second-order valence-corrected chi connectivity index (χ2v) is 10.4. The summed E-state index contributed by atoms with van der Waals surface area (Å²) in [5.41, 5.74) is 0.350. The molecule has 1 aromatic rings. The molecule has 2 aliphatic rings. The highest BCUT2D eigenvalue weighted by atomic mass is 32.2. The molecule has 2 N–H and O–H groups in total. The highest BCUT2D eigenvalue weighted by Gasteiger charge is 2.35. The van der Waals surface area contributed by atoms with Crippen LogP contribution in [0.5, 0.6) is 5.75 Å². The van der Waals surface area contributed by atoms with E-state index in [2.05, 4.69) is 22.8 Å². The van der Waals surface area contributed by atoms with Gasteiger partial charge in [-0.1, -0.05) is 24.3 Å². The molecule has 2 amide bonds. The third-order valence-electron chi connectivity index (χ3n) is 5.67. The Hall–Kier alpha value is -2.15. The maximum absolute atomic E-state index is 12.9. The third kappa shape index (κ3) is 7.20. The first-order valence-electron chi connectivity index (χ1n) is 10.9. The Morgan fingerprint density at radius 2 is 1.90 bits per heavy atom. The van der Waals surface area contributed by atoms with E-state index < -0.39 is 17.7 Å². The zero-order chi connectivity index (χ0) is 22.4. The number of allylic oxidation sites excluding steroid dienone is 2. The standard InChI is InChI=1S/C24H34N2O4S/c1-24(2,3)30-23(28)26-21(15-31-14-19-12-17-5-8-18(19)11-17)22(27)25-13-16-6-9-20(29-4)10-7-16/h5-10,17-19,21H,11-15H2,1-4H3,(H,25,27)(H,26,28)/t17-,18-,19-,21-/m0/s1. The van der Waals surface area contributed by atoms with Crippen molar-refractivity contribution in [3.05, 3.63) is 42.0 Å². The molecule has 1 aromatic carbocycles. The minimum Gasteiger partial charge on any atom is -0.497 e. The SMILES string of the molecule is COc1ccc(CNC(=O)[C@H](CSC[C@@H]2C[C@H]3C=C[C@H]2C3)NC(=O)OC(C)(C)C)cc1. The summed E-state index contributed by atoms with van der Waals surface area (Å²) in [6.45, 7) is 5.81. The first-order chi connectivity index (χ1) is 14.7. The summed E-state index contributed by atoms with van der Waals surface area (Å²) in [6, 6.07) is 6.89. The van der Waals surface area contributed by atoms with Gasteiger partial charge in [0, 0.05) is 12.3 Å². The molecule has 4 atom stereocenters.